The average Bonchev–Trinajstić information content (AvgIpc) is 3.01. The number of furan rings is 1. The zero-order valence-electron chi connectivity index (χ0n) is 12.9. The van der Waals surface area contributed by atoms with Gasteiger partial charge in [0.1, 0.15) is 11.5 Å². The van der Waals surface area contributed by atoms with Crippen molar-refractivity contribution < 1.29 is 4.42 Å². The lowest BCUT2D eigenvalue weighted by molar-refractivity contribution is 0.170. The minimum atomic E-state index is 0.633. The van der Waals surface area contributed by atoms with Crippen LogP contribution in [-0.2, 0) is 6.54 Å². The summed E-state index contributed by atoms with van der Waals surface area (Å²) >= 11 is 0. The molecule has 0 amide bonds. The summed E-state index contributed by atoms with van der Waals surface area (Å²) in [6.45, 7) is 9.08. The van der Waals surface area contributed by atoms with E-state index in [0.29, 0.717) is 12.0 Å². The average molecular weight is 276 g/mol. The molecular weight excluding hydrogens is 248 g/mol. The number of hydrogen-bond donors (Lipinski definition) is 1. The van der Waals surface area contributed by atoms with Crippen LogP contribution in [-0.4, -0.2) is 30.6 Å². The van der Waals surface area contributed by atoms with Gasteiger partial charge in [-0.05, 0) is 57.3 Å². The summed E-state index contributed by atoms with van der Waals surface area (Å²) in [6, 6.07) is 4.94. The molecule has 3 heteroatoms. The lowest BCUT2D eigenvalue weighted by Crippen LogP contribution is -2.42. The van der Waals surface area contributed by atoms with Gasteiger partial charge in [0.2, 0.25) is 0 Å². The molecule has 112 valence electrons. The Balaban J connectivity index is 1.39. The summed E-state index contributed by atoms with van der Waals surface area (Å²) in [5.74, 6) is 3.79. The van der Waals surface area contributed by atoms with Gasteiger partial charge in [0.25, 0.3) is 0 Å². The molecule has 3 unspecified atom stereocenters. The van der Waals surface area contributed by atoms with Crippen LogP contribution in [0.3, 0.4) is 0 Å². The van der Waals surface area contributed by atoms with Crippen molar-refractivity contribution in [1.29, 1.82) is 0 Å². The Morgan fingerprint density at radius 3 is 2.75 bits per heavy atom. The molecule has 1 aliphatic heterocycles. The maximum Gasteiger partial charge on any atom is 0.117 e. The van der Waals surface area contributed by atoms with E-state index in [1.807, 2.05) is 0 Å². The third-order valence-electron chi connectivity index (χ3n) is 4.91. The Kier molecular flexibility index (Phi) is 4.47. The van der Waals surface area contributed by atoms with E-state index in [4.69, 9.17) is 4.42 Å². The van der Waals surface area contributed by atoms with E-state index in [1.54, 1.807) is 0 Å². The molecule has 3 rings (SSSR count). The first-order valence-corrected chi connectivity index (χ1v) is 8.27. The van der Waals surface area contributed by atoms with Gasteiger partial charge in [0.15, 0.2) is 0 Å². The van der Waals surface area contributed by atoms with E-state index < -0.39 is 0 Å². The largest absolute Gasteiger partial charge is 0.464 e. The van der Waals surface area contributed by atoms with E-state index in [1.165, 1.54) is 44.5 Å². The summed E-state index contributed by atoms with van der Waals surface area (Å²) in [5.41, 5.74) is 0. The summed E-state index contributed by atoms with van der Waals surface area (Å²) < 4.78 is 5.93. The smallest absolute Gasteiger partial charge is 0.117 e. The standard InChI is InChI=1S/C17H28N2O/c1-13-10-16(13)17-7-6-15(20-17)12-18-11-14(2)19-8-4-3-5-9-19/h6-7,13-14,16,18H,3-5,8-12H2,1-2H3. The van der Waals surface area contributed by atoms with E-state index >= 15 is 0 Å². The molecule has 3 atom stereocenters. The maximum absolute atomic E-state index is 5.93. The molecule has 1 N–H and O–H groups in total. The van der Waals surface area contributed by atoms with Gasteiger partial charge >= 0.3 is 0 Å². The van der Waals surface area contributed by atoms with Gasteiger partial charge in [0.05, 0.1) is 6.54 Å². The zero-order chi connectivity index (χ0) is 13.9. The van der Waals surface area contributed by atoms with Crippen LogP contribution in [0.1, 0.15) is 57.0 Å². The molecule has 0 bridgehead atoms. The predicted molar refractivity (Wildman–Crippen MR) is 81.8 cm³/mol. The van der Waals surface area contributed by atoms with E-state index in [0.717, 1.165) is 24.8 Å². The van der Waals surface area contributed by atoms with Gasteiger partial charge in [-0.1, -0.05) is 13.3 Å². The fourth-order valence-corrected chi connectivity index (χ4v) is 3.30. The highest BCUT2D eigenvalue weighted by Crippen LogP contribution is 2.47. The van der Waals surface area contributed by atoms with Gasteiger partial charge in [-0.2, -0.15) is 0 Å². The van der Waals surface area contributed by atoms with Crippen molar-refractivity contribution in [3.63, 3.8) is 0 Å². The molecule has 1 aromatic heterocycles. The Hall–Kier alpha value is -0.800. The molecule has 1 saturated carbocycles. The van der Waals surface area contributed by atoms with Crippen molar-refractivity contribution in [2.24, 2.45) is 5.92 Å². The quantitative estimate of drug-likeness (QED) is 0.863. The van der Waals surface area contributed by atoms with Crippen molar-refractivity contribution in [2.75, 3.05) is 19.6 Å². The van der Waals surface area contributed by atoms with E-state index in [9.17, 15) is 0 Å². The number of piperidine rings is 1. The second kappa shape index (κ2) is 6.31. The highest BCUT2D eigenvalue weighted by Gasteiger charge is 2.36. The molecular formula is C17H28N2O. The summed E-state index contributed by atoms with van der Waals surface area (Å²) in [6.07, 6.45) is 5.44. The lowest BCUT2D eigenvalue weighted by atomic mass is 10.1. The first kappa shape index (κ1) is 14.2. The predicted octanol–water partition coefficient (Wildman–Crippen LogP) is 3.37. The van der Waals surface area contributed by atoms with Gasteiger partial charge in [-0.3, -0.25) is 4.90 Å². The lowest BCUT2D eigenvalue weighted by Gasteiger charge is -2.32. The number of rotatable bonds is 6. The van der Waals surface area contributed by atoms with Crippen LogP contribution in [0.2, 0.25) is 0 Å². The third kappa shape index (κ3) is 3.44. The van der Waals surface area contributed by atoms with Crippen molar-refractivity contribution in [1.82, 2.24) is 10.2 Å². The Bertz CT molecular complexity index is 422. The van der Waals surface area contributed by atoms with Crippen LogP contribution in [0, 0.1) is 5.92 Å². The van der Waals surface area contributed by atoms with Crippen LogP contribution in [0.5, 0.6) is 0 Å². The van der Waals surface area contributed by atoms with Crippen LogP contribution in [0.15, 0.2) is 16.5 Å². The molecule has 3 nitrogen and oxygen atoms in total. The topological polar surface area (TPSA) is 28.4 Å². The Morgan fingerprint density at radius 1 is 1.30 bits per heavy atom. The Labute approximate surface area is 122 Å². The molecule has 1 saturated heterocycles. The molecule has 2 aliphatic rings. The first-order chi connectivity index (χ1) is 9.74. The van der Waals surface area contributed by atoms with Crippen LogP contribution in [0.25, 0.3) is 0 Å². The van der Waals surface area contributed by atoms with Crippen molar-refractivity contribution in [2.45, 2.75) is 58.0 Å². The fourth-order valence-electron chi connectivity index (χ4n) is 3.30. The number of nitrogens with zero attached hydrogens (tertiary/aromatic N) is 1. The number of likely N-dealkylation sites (tertiary alicyclic amines) is 1. The minimum absolute atomic E-state index is 0.633. The first-order valence-electron chi connectivity index (χ1n) is 8.27. The second-order valence-electron chi connectivity index (χ2n) is 6.70. The van der Waals surface area contributed by atoms with Crippen molar-refractivity contribution >= 4 is 0 Å². The molecule has 20 heavy (non-hydrogen) atoms. The summed E-state index contributed by atoms with van der Waals surface area (Å²) in [5, 5.41) is 3.55. The Morgan fingerprint density at radius 2 is 2.05 bits per heavy atom. The van der Waals surface area contributed by atoms with Crippen LogP contribution in [0.4, 0.5) is 0 Å². The molecule has 0 aromatic carbocycles. The van der Waals surface area contributed by atoms with Crippen molar-refractivity contribution in [3.05, 3.63) is 23.7 Å². The fraction of sp³-hybridized carbons (Fsp3) is 0.765. The zero-order valence-corrected chi connectivity index (χ0v) is 12.9. The molecule has 0 spiro atoms. The third-order valence-corrected chi connectivity index (χ3v) is 4.91. The molecule has 2 fully saturated rings. The molecule has 2 heterocycles. The number of hydrogen-bond acceptors (Lipinski definition) is 3. The molecule has 1 aromatic rings. The van der Waals surface area contributed by atoms with Gasteiger partial charge in [0, 0.05) is 18.5 Å². The van der Waals surface area contributed by atoms with Crippen LogP contribution < -0.4 is 5.32 Å². The van der Waals surface area contributed by atoms with Crippen LogP contribution >= 0.6 is 0 Å². The SMILES string of the molecule is CC1CC1c1ccc(CNCC(C)N2CCCCC2)o1. The normalized spacial score (nSPS) is 28.5. The summed E-state index contributed by atoms with van der Waals surface area (Å²) in [4.78, 5) is 2.61. The van der Waals surface area contributed by atoms with Gasteiger partial charge in [-0.25, -0.2) is 0 Å². The molecule has 1 aliphatic carbocycles. The van der Waals surface area contributed by atoms with Gasteiger partial charge < -0.3 is 9.73 Å². The van der Waals surface area contributed by atoms with E-state index in [2.05, 4.69) is 36.2 Å². The minimum Gasteiger partial charge on any atom is -0.464 e. The van der Waals surface area contributed by atoms with E-state index in [-0.39, 0.29) is 0 Å². The van der Waals surface area contributed by atoms with Crippen molar-refractivity contribution in [3.8, 4) is 0 Å². The van der Waals surface area contributed by atoms with Gasteiger partial charge in [-0.15, -0.1) is 0 Å². The highest BCUT2D eigenvalue weighted by molar-refractivity contribution is 5.17. The maximum atomic E-state index is 5.93. The summed E-state index contributed by atoms with van der Waals surface area (Å²) in [7, 11) is 0. The highest BCUT2D eigenvalue weighted by atomic mass is 16.3. The number of nitrogens with one attached hydrogen (secondary N) is 1. The second-order valence-corrected chi connectivity index (χ2v) is 6.70. The molecule has 0 radical (unpaired) electrons. The monoisotopic (exact) mass is 276 g/mol.